The van der Waals surface area contributed by atoms with Crippen LogP contribution in [0.3, 0.4) is 0 Å². The second kappa shape index (κ2) is 11.8. The summed E-state index contributed by atoms with van der Waals surface area (Å²) in [6.45, 7) is 3.02. The largest absolute Gasteiger partial charge is 0.489 e. The number of anilines is 2. The predicted molar refractivity (Wildman–Crippen MR) is 132 cm³/mol. The van der Waals surface area contributed by atoms with Crippen LogP contribution in [0.15, 0.2) is 71.8 Å². The van der Waals surface area contributed by atoms with Gasteiger partial charge in [0.1, 0.15) is 18.2 Å². The first-order valence-electron chi connectivity index (χ1n) is 10.4. The standard InChI is InChI=1S/C25H22ClFN4O4/c1-15(17-6-12-20(13-7-17)35-14-21-22(26)4-3-5-23(21)27)30-31-25(34)24(33)29-19-10-8-18(9-11-19)28-16(2)32/h3-13H,14H2,1-2H3,(H,28,32)(H,29,33)(H,31,34)/b30-15+. The summed E-state index contributed by atoms with van der Waals surface area (Å²) in [6, 6.07) is 17.5. The van der Waals surface area contributed by atoms with Crippen LogP contribution in [-0.2, 0) is 21.0 Å². The molecule has 0 saturated carbocycles. The number of hydrogen-bond acceptors (Lipinski definition) is 5. The van der Waals surface area contributed by atoms with Gasteiger partial charge >= 0.3 is 11.8 Å². The van der Waals surface area contributed by atoms with Crippen LogP contribution in [0.1, 0.15) is 25.0 Å². The molecule has 0 heterocycles. The topological polar surface area (TPSA) is 109 Å². The van der Waals surface area contributed by atoms with Crippen molar-refractivity contribution in [3.63, 3.8) is 0 Å². The smallest absolute Gasteiger partial charge is 0.329 e. The molecular weight excluding hydrogens is 475 g/mol. The highest BCUT2D eigenvalue weighted by atomic mass is 35.5. The number of halogens is 2. The number of ether oxygens (including phenoxy) is 1. The van der Waals surface area contributed by atoms with E-state index in [-0.39, 0.29) is 23.1 Å². The lowest BCUT2D eigenvalue weighted by atomic mass is 10.1. The minimum atomic E-state index is -0.947. The highest BCUT2D eigenvalue weighted by Crippen LogP contribution is 2.22. The van der Waals surface area contributed by atoms with Crippen LogP contribution in [-0.4, -0.2) is 23.4 Å². The summed E-state index contributed by atoms with van der Waals surface area (Å²) in [5.41, 5.74) is 4.54. The highest BCUT2D eigenvalue weighted by Gasteiger charge is 2.13. The summed E-state index contributed by atoms with van der Waals surface area (Å²) in [5.74, 6) is -2.02. The van der Waals surface area contributed by atoms with Crippen molar-refractivity contribution in [2.24, 2.45) is 5.10 Å². The molecule has 0 atom stereocenters. The fraction of sp³-hybridized carbons (Fsp3) is 0.120. The van der Waals surface area contributed by atoms with Gasteiger partial charge in [0.05, 0.1) is 10.7 Å². The molecule has 3 rings (SSSR count). The molecule has 3 aromatic rings. The lowest BCUT2D eigenvalue weighted by molar-refractivity contribution is -0.136. The quantitative estimate of drug-likeness (QED) is 0.254. The first-order valence-corrected chi connectivity index (χ1v) is 10.8. The molecule has 0 saturated heterocycles. The number of nitrogens with one attached hydrogen (secondary N) is 3. The molecule has 0 radical (unpaired) electrons. The van der Waals surface area contributed by atoms with E-state index in [2.05, 4.69) is 21.2 Å². The number of nitrogens with zero attached hydrogens (tertiary/aromatic N) is 1. The first kappa shape index (κ1) is 25.4. The van der Waals surface area contributed by atoms with E-state index in [9.17, 15) is 18.8 Å². The predicted octanol–water partition coefficient (Wildman–Crippen LogP) is 4.50. The molecule has 0 aliphatic carbocycles. The maximum absolute atomic E-state index is 13.9. The SMILES string of the molecule is CC(=O)Nc1ccc(NC(=O)C(=O)N/N=C(\C)c2ccc(OCc3c(F)cccc3Cl)cc2)cc1. The van der Waals surface area contributed by atoms with E-state index in [1.165, 1.54) is 19.1 Å². The van der Waals surface area contributed by atoms with Gasteiger partial charge in [-0.25, -0.2) is 9.82 Å². The van der Waals surface area contributed by atoms with E-state index < -0.39 is 17.6 Å². The van der Waals surface area contributed by atoms with Crippen molar-refractivity contribution in [1.82, 2.24) is 5.43 Å². The average molecular weight is 497 g/mol. The molecule has 0 aliphatic rings. The molecule has 0 spiro atoms. The fourth-order valence-corrected chi connectivity index (χ4v) is 3.11. The Labute approximate surface area is 206 Å². The molecule has 0 aliphatic heterocycles. The summed E-state index contributed by atoms with van der Waals surface area (Å²) in [7, 11) is 0. The third kappa shape index (κ3) is 7.38. The number of carbonyl (C=O) groups is 3. The Hall–Kier alpha value is -4.24. The second-order valence-corrected chi connectivity index (χ2v) is 7.77. The van der Waals surface area contributed by atoms with Gasteiger partial charge in [-0.05, 0) is 73.2 Å². The summed E-state index contributed by atoms with van der Waals surface area (Å²) >= 11 is 6.00. The van der Waals surface area contributed by atoms with Gasteiger partial charge in [0, 0.05) is 23.9 Å². The van der Waals surface area contributed by atoms with Crippen molar-refractivity contribution in [1.29, 1.82) is 0 Å². The van der Waals surface area contributed by atoms with E-state index in [0.29, 0.717) is 28.4 Å². The Morgan fingerprint density at radius 2 is 1.51 bits per heavy atom. The van der Waals surface area contributed by atoms with Crippen LogP contribution in [0.5, 0.6) is 5.75 Å². The van der Waals surface area contributed by atoms with Crippen molar-refractivity contribution < 1.29 is 23.5 Å². The third-order valence-electron chi connectivity index (χ3n) is 4.71. The number of hydrogen-bond donors (Lipinski definition) is 3. The van der Waals surface area contributed by atoms with Crippen molar-refractivity contribution in [3.8, 4) is 5.75 Å². The molecular formula is C25H22ClFN4O4. The summed E-state index contributed by atoms with van der Waals surface area (Å²) in [6.07, 6.45) is 0. The van der Waals surface area contributed by atoms with Crippen molar-refractivity contribution in [2.45, 2.75) is 20.5 Å². The van der Waals surface area contributed by atoms with E-state index in [4.69, 9.17) is 16.3 Å². The van der Waals surface area contributed by atoms with Crippen LogP contribution in [0.25, 0.3) is 0 Å². The average Bonchev–Trinajstić information content (AvgIpc) is 2.83. The molecule has 0 fully saturated rings. The molecule has 3 N–H and O–H groups in total. The van der Waals surface area contributed by atoms with Gasteiger partial charge < -0.3 is 15.4 Å². The third-order valence-corrected chi connectivity index (χ3v) is 5.07. The minimum absolute atomic E-state index is 0.0287. The molecule has 0 unspecified atom stereocenters. The van der Waals surface area contributed by atoms with Crippen LogP contribution in [0, 0.1) is 5.82 Å². The molecule has 3 aromatic carbocycles. The molecule has 0 aromatic heterocycles. The Bertz CT molecular complexity index is 1240. The van der Waals surface area contributed by atoms with Gasteiger partial charge in [-0.3, -0.25) is 14.4 Å². The Balaban J connectivity index is 1.52. The van der Waals surface area contributed by atoms with Gasteiger partial charge in [0.25, 0.3) is 0 Å². The molecule has 10 heteroatoms. The fourth-order valence-electron chi connectivity index (χ4n) is 2.90. The summed E-state index contributed by atoms with van der Waals surface area (Å²) < 4.78 is 19.4. The molecule has 35 heavy (non-hydrogen) atoms. The second-order valence-electron chi connectivity index (χ2n) is 7.36. The van der Waals surface area contributed by atoms with E-state index >= 15 is 0 Å². The van der Waals surface area contributed by atoms with Crippen molar-refractivity contribution in [3.05, 3.63) is 88.7 Å². The highest BCUT2D eigenvalue weighted by molar-refractivity contribution is 6.39. The monoisotopic (exact) mass is 496 g/mol. The minimum Gasteiger partial charge on any atom is -0.489 e. The molecule has 0 bridgehead atoms. The lowest BCUT2D eigenvalue weighted by Crippen LogP contribution is -2.32. The zero-order valence-electron chi connectivity index (χ0n) is 18.9. The number of carbonyl (C=O) groups excluding carboxylic acids is 3. The van der Waals surface area contributed by atoms with Gasteiger partial charge in [0.2, 0.25) is 5.91 Å². The van der Waals surface area contributed by atoms with Crippen LogP contribution in [0.2, 0.25) is 5.02 Å². The Morgan fingerprint density at radius 1 is 0.886 bits per heavy atom. The van der Waals surface area contributed by atoms with Crippen molar-refractivity contribution >= 4 is 46.4 Å². The maximum atomic E-state index is 13.9. The number of benzene rings is 3. The van der Waals surface area contributed by atoms with Gasteiger partial charge in [-0.15, -0.1) is 0 Å². The van der Waals surface area contributed by atoms with E-state index in [1.54, 1.807) is 61.5 Å². The lowest BCUT2D eigenvalue weighted by Gasteiger charge is -2.09. The van der Waals surface area contributed by atoms with Gasteiger partial charge in [0.15, 0.2) is 0 Å². The van der Waals surface area contributed by atoms with Crippen LogP contribution in [0.4, 0.5) is 15.8 Å². The van der Waals surface area contributed by atoms with E-state index in [0.717, 1.165) is 0 Å². The molecule has 180 valence electrons. The number of amides is 3. The molecule has 8 nitrogen and oxygen atoms in total. The summed E-state index contributed by atoms with van der Waals surface area (Å²) in [4.78, 5) is 35.2. The molecule has 3 amide bonds. The Morgan fingerprint density at radius 3 is 2.11 bits per heavy atom. The van der Waals surface area contributed by atoms with Gasteiger partial charge in [-0.2, -0.15) is 5.10 Å². The normalized spacial score (nSPS) is 10.9. The first-order chi connectivity index (χ1) is 16.7. The van der Waals surface area contributed by atoms with Crippen molar-refractivity contribution in [2.75, 3.05) is 10.6 Å². The maximum Gasteiger partial charge on any atom is 0.329 e. The van der Waals surface area contributed by atoms with E-state index in [1.807, 2.05) is 0 Å². The van der Waals surface area contributed by atoms with Crippen LogP contribution >= 0.6 is 11.6 Å². The van der Waals surface area contributed by atoms with Crippen LogP contribution < -0.4 is 20.8 Å². The zero-order valence-corrected chi connectivity index (χ0v) is 19.7. The summed E-state index contributed by atoms with van der Waals surface area (Å²) in [5, 5.41) is 9.28. The number of rotatable bonds is 7. The zero-order chi connectivity index (χ0) is 25.4. The van der Waals surface area contributed by atoms with Gasteiger partial charge in [-0.1, -0.05) is 17.7 Å². The number of hydrazone groups is 1. The Kier molecular flexibility index (Phi) is 8.53.